The van der Waals surface area contributed by atoms with Gasteiger partial charge in [0.05, 0.1) is 17.6 Å². The molecule has 0 radical (unpaired) electrons. The third-order valence-electron chi connectivity index (χ3n) is 3.35. The van der Waals surface area contributed by atoms with Gasteiger partial charge in [0.25, 0.3) is 0 Å². The van der Waals surface area contributed by atoms with Gasteiger partial charge in [-0.05, 0) is 25.0 Å². The van der Waals surface area contributed by atoms with Gasteiger partial charge in [0.15, 0.2) is 11.6 Å². The van der Waals surface area contributed by atoms with Gasteiger partial charge in [0.2, 0.25) is 0 Å². The molecule has 7 heteroatoms. The van der Waals surface area contributed by atoms with Crippen LogP contribution in [-0.2, 0) is 0 Å². The smallest absolute Gasteiger partial charge is 0.366 e. The summed E-state index contributed by atoms with van der Waals surface area (Å²) in [5, 5.41) is 8.59. The van der Waals surface area contributed by atoms with Crippen molar-refractivity contribution in [2.75, 3.05) is 18.0 Å². The summed E-state index contributed by atoms with van der Waals surface area (Å²) in [6, 6.07) is 3.25. The molecule has 0 N–H and O–H groups in total. The number of piperidine rings is 1. The molecule has 1 aromatic carbocycles. The Morgan fingerprint density at radius 2 is 1.80 bits per heavy atom. The second-order valence-electron chi connectivity index (χ2n) is 4.73. The maximum absolute atomic E-state index is 13.8. The number of hydrogen-bond acceptors (Lipinski definition) is 2. The van der Waals surface area contributed by atoms with Crippen LogP contribution < -0.4 is 4.90 Å². The summed E-state index contributed by atoms with van der Waals surface area (Å²) >= 11 is 0. The fourth-order valence-electron chi connectivity index (χ4n) is 2.38. The molecule has 1 atom stereocenters. The summed E-state index contributed by atoms with van der Waals surface area (Å²) in [7, 11) is 0. The molecule has 0 saturated carbocycles. The van der Waals surface area contributed by atoms with Crippen molar-refractivity contribution in [1.82, 2.24) is 0 Å². The summed E-state index contributed by atoms with van der Waals surface area (Å²) in [6.45, 7) is -0.310. The van der Waals surface area contributed by atoms with E-state index in [1.54, 1.807) is 6.07 Å². The Balaban J connectivity index is 2.30. The number of nitriles is 1. The average molecular weight is 290 g/mol. The molecule has 1 saturated heterocycles. The fourth-order valence-corrected chi connectivity index (χ4v) is 2.38. The van der Waals surface area contributed by atoms with E-state index in [9.17, 15) is 22.0 Å². The Morgan fingerprint density at radius 1 is 1.20 bits per heavy atom. The largest absolute Gasteiger partial charge is 0.393 e. The molecule has 0 aliphatic carbocycles. The van der Waals surface area contributed by atoms with Crippen LogP contribution in [-0.4, -0.2) is 19.3 Å². The molecule has 0 amide bonds. The van der Waals surface area contributed by atoms with Crippen molar-refractivity contribution in [3.8, 4) is 6.07 Å². The van der Waals surface area contributed by atoms with E-state index in [0.29, 0.717) is 0 Å². The Kier molecular flexibility index (Phi) is 3.84. The molecular weight excluding hydrogens is 279 g/mol. The third kappa shape index (κ3) is 2.84. The van der Waals surface area contributed by atoms with Gasteiger partial charge in [-0.15, -0.1) is 0 Å². The molecular formula is C13H11F5N2. The van der Waals surface area contributed by atoms with E-state index in [2.05, 4.69) is 0 Å². The molecule has 2 rings (SSSR count). The van der Waals surface area contributed by atoms with Gasteiger partial charge in [-0.3, -0.25) is 0 Å². The van der Waals surface area contributed by atoms with Crippen LogP contribution in [0.3, 0.4) is 0 Å². The first-order valence-corrected chi connectivity index (χ1v) is 6.03. The van der Waals surface area contributed by atoms with E-state index in [-0.39, 0.29) is 24.9 Å². The summed E-state index contributed by atoms with van der Waals surface area (Å²) in [5.41, 5.74) is -0.689. The molecule has 1 aromatic rings. The Labute approximate surface area is 112 Å². The van der Waals surface area contributed by atoms with E-state index in [1.807, 2.05) is 0 Å². The number of nitrogens with zero attached hydrogens (tertiary/aromatic N) is 2. The first kappa shape index (κ1) is 14.6. The minimum Gasteiger partial charge on any atom is -0.366 e. The summed E-state index contributed by atoms with van der Waals surface area (Å²) in [5.74, 6) is -3.61. The van der Waals surface area contributed by atoms with Crippen LogP contribution in [0.15, 0.2) is 12.1 Å². The zero-order chi connectivity index (χ0) is 14.9. The SMILES string of the molecule is N#Cc1cc(F)c(N2CCCC(C(F)(F)F)C2)c(F)c1. The lowest BCUT2D eigenvalue weighted by atomic mass is 9.96. The molecule has 0 spiro atoms. The third-order valence-corrected chi connectivity index (χ3v) is 3.35. The maximum Gasteiger partial charge on any atom is 0.393 e. The van der Waals surface area contributed by atoms with Crippen LogP contribution >= 0.6 is 0 Å². The fraction of sp³-hybridized carbons (Fsp3) is 0.462. The van der Waals surface area contributed by atoms with Crippen molar-refractivity contribution >= 4 is 5.69 Å². The lowest BCUT2D eigenvalue weighted by Gasteiger charge is -2.35. The van der Waals surface area contributed by atoms with Crippen molar-refractivity contribution in [1.29, 1.82) is 5.26 Å². The van der Waals surface area contributed by atoms with Gasteiger partial charge in [-0.25, -0.2) is 8.78 Å². The number of benzene rings is 1. The standard InChI is InChI=1S/C13H11F5N2/c14-10-4-8(6-19)5-11(15)12(10)20-3-1-2-9(7-20)13(16,17)18/h4-5,9H,1-3,7H2. The number of halogens is 5. The van der Waals surface area contributed by atoms with Gasteiger partial charge in [0.1, 0.15) is 5.69 Å². The first-order chi connectivity index (χ1) is 9.32. The summed E-state index contributed by atoms with van der Waals surface area (Å²) in [4.78, 5) is 1.06. The molecule has 0 bridgehead atoms. The highest BCUT2D eigenvalue weighted by Crippen LogP contribution is 2.36. The lowest BCUT2D eigenvalue weighted by molar-refractivity contribution is -0.176. The van der Waals surface area contributed by atoms with E-state index in [1.165, 1.54) is 0 Å². The average Bonchev–Trinajstić information content (AvgIpc) is 2.37. The molecule has 2 nitrogen and oxygen atoms in total. The highest BCUT2D eigenvalue weighted by molar-refractivity contribution is 5.53. The van der Waals surface area contributed by atoms with Gasteiger partial charge in [-0.1, -0.05) is 0 Å². The Hall–Kier alpha value is -1.84. The first-order valence-electron chi connectivity index (χ1n) is 6.03. The van der Waals surface area contributed by atoms with Crippen molar-refractivity contribution in [2.24, 2.45) is 5.92 Å². The van der Waals surface area contributed by atoms with Crippen molar-refractivity contribution in [2.45, 2.75) is 19.0 Å². The Bertz CT molecular complexity index is 524. The number of alkyl halides is 3. The summed E-state index contributed by atoms with van der Waals surface area (Å²) in [6.07, 6.45) is -4.21. The van der Waals surface area contributed by atoms with Gasteiger partial charge < -0.3 is 4.90 Å². The highest BCUT2D eigenvalue weighted by atomic mass is 19.4. The topological polar surface area (TPSA) is 27.0 Å². The van der Waals surface area contributed by atoms with E-state index in [4.69, 9.17) is 5.26 Å². The number of anilines is 1. The monoisotopic (exact) mass is 290 g/mol. The van der Waals surface area contributed by atoms with Gasteiger partial charge in [0, 0.05) is 13.1 Å². The van der Waals surface area contributed by atoms with Crippen molar-refractivity contribution in [3.05, 3.63) is 29.3 Å². The van der Waals surface area contributed by atoms with Crippen LogP contribution in [0, 0.1) is 28.9 Å². The second-order valence-corrected chi connectivity index (χ2v) is 4.73. The number of rotatable bonds is 1. The van der Waals surface area contributed by atoms with Crippen LogP contribution in [0.4, 0.5) is 27.6 Å². The van der Waals surface area contributed by atoms with Crippen LogP contribution in [0.1, 0.15) is 18.4 Å². The minimum atomic E-state index is -4.38. The zero-order valence-corrected chi connectivity index (χ0v) is 10.3. The lowest BCUT2D eigenvalue weighted by Crippen LogP contribution is -2.42. The molecule has 0 aromatic heterocycles. The van der Waals surface area contributed by atoms with Gasteiger partial charge >= 0.3 is 6.18 Å². The molecule has 1 heterocycles. The van der Waals surface area contributed by atoms with E-state index in [0.717, 1.165) is 17.0 Å². The van der Waals surface area contributed by atoms with E-state index >= 15 is 0 Å². The number of hydrogen-bond donors (Lipinski definition) is 0. The highest BCUT2D eigenvalue weighted by Gasteiger charge is 2.42. The van der Waals surface area contributed by atoms with Crippen LogP contribution in [0.25, 0.3) is 0 Å². The van der Waals surface area contributed by atoms with Crippen molar-refractivity contribution in [3.63, 3.8) is 0 Å². The van der Waals surface area contributed by atoms with E-state index < -0.39 is 36.0 Å². The molecule has 1 aliphatic rings. The molecule has 1 unspecified atom stereocenters. The quantitative estimate of drug-likeness (QED) is 0.739. The molecule has 108 valence electrons. The molecule has 1 aliphatic heterocycles. The summed E-state index contributed by atoms with van der Waals surface area (Å²) < 4.78 is 65.7. The maximum atomic E-state index is 13.8. The van der Waals surface area contributed by atoms with Crippen molar-refractivity contribution < 1.29 is 22.0 Å². The Morgan fingerprint density at radius 3 is 2.30 bits per heavy atom. The predicted molar refractivity (Wildman–Crippen MR) is 62.1 cm³/mol. The van der Waals surface area contributed by atoms with Crippen LogP contribution in [0.2, 0.25) is 0 Å². The zero-order valence-electron chi connectivity index (χ0n) is 10.3. The van der Waals surface area contributed by atoms with Crippen LogP contribution in [0.5, 0.6) is 0 Å². The van der Waals surface area contributed by atoms with Gasteiger partial charge in [-0.2, -0.15) is 18.4 Å². The normalized spacial score (nSPS) is 19.8. The molecule has 20 heavy (non-hydrogen) atoms. The minimum absolute atomic E-state index is 0.0421. The predicted octanol–water partition coefficient (Wildman–Crippen LogP) is 3.62. The molecule has 1 fully saturated rings. The second kappa shape index (κ2) is 5.27.